The van der Waals surface area contributed by atoms with E-state index in [1.807, 2.05) is 0 Å². The maximum atomic E-state index is 12.4. The zero-order valence-electron chi connectivity index (χ0n) is 10.9. The zero-order chi connectivity index (χ0) is 14.1. The molecule has 0 saturated heterocycles. The van der Waals surface area contributed by atoms with Crippen LogP contribution in [-0.4, -0.2) is 22.8 Å². The van der Waals surface area contributed by atoms with Crippen molar-refractivity contribution < 1.29 is 9.53 Å². The smallest absolute Gasteiger partial charge is 0.278 e. The predicted molar refractivity (Wildman–Crippen MR) is 76.9 cm³/mol. The fourth-order valence-electron chi connectivity index (χ4n) is 2.07. The maximum Gasteiger partial charge on any atom is 0.278 e. The molecule has 0 spiro atoms. The first-order valence-electron chi connectivity index (χ1n) is 6.11. The summed E-state index contributed by atoms with van der Waals surface area (Å²) in [5.74, 6) is 0.520. The molecular weight excluding hydrogens is 254 g/mol. The summed E-state index contributed by atoms with van der Waals surface area (Å²) in [6.07, 6.45) is 1.63. The van der Waals surface area contributed by atoms with Gasteiger partial charge in [0.05, 0.1) is 18.8 Å². The molecular formula is C15H13N3O2. The Labute approximate surface area is 115 Å². The number of nitrogens with two attached hydrogens (primary N) is 1. The lowest BCUT2D eigenvalue weighted by atomic mass is 10.2. The summed E-state index contributed by atoms with van der Waals surface area (Å²) in [6.45, 7) is 0. The van der Waals surface area contributed by atoms with Crippen molar-refractivity contribution in [2.45, 2.75) is 0 Å². The zero-order valence-corrected chi connectivity index (χ0v) is 10.9. The molecule has 0 bridgehead atoms. The van der Waals surface area contributed by atoms with Crippen molar-refractivity contribution in [2.75, 3.05) is 12.8 Å². The van der Waals surface area contributed by atoms with Crippen molar-refractivity contribution in [1.82, 2.24) is 9.78 Å². The number of benzene rings is 2. The van der Waals surface area contributed by atoms with Crippen LogP contribution in [0.2, 0.25) is 0 Å². The number of ether oxygens (including phenoxy) is 1. The van der Waals surface area contributed by atoms with Crippen LogP contribution in [-0.2, 0) is 0 Å². The van der Waals surface area contributed by atoms with Crippen LogP contribution >= 0.6 is 0 Å². The molecule has 0 aliphatic heterocycles. The van der Waals surface area contributed by atoms with Gasteiger partial charge >= 0.3 is 0 Å². The van der Waals surface area contributed by atoms with Crippen molar-refractivity contribution in [1.29, 1.82) is 0 Å². The van der Waals surface area contributed by atoms with E-state index in [9.17, 15) is 4.79 Å². The van der Waals surface area contributed by atoms with Crippen molar-refractivity contribution in [3.63, 3.8) is 0 Å². The van der Waals surface area contributed by atoms with Crippen molar-refractivity contribution in [2.24, 2.45) is 0 Å². The van der Waals surface area contributed by atoms with Crippen LogP contribution in [0.1, 0.15) is 10.4 Å². The Balaban J connectivity index is 2.03. The molecule has 0 atom stereocenters. The number of aromatic nitrogens is 2. The largest absolute Gasteiger partial charge is 0.497 e. The lowest BCUT2D eigenvalue weighted by Gasteiger charge is -2.04. The number of hydrogen-bond donors (Lipinski definition) is 1. The van der Waals surface area contributed by atoms with E-state index in [0.29, 0.717) is 17.0 Å². The molecule has 0 saturated carbocycles. The number of hydrogen-bond acceptors (Lipinski definition) is 4. The van der Waals surface area contributed by atoms with Crippen molar-refractivity contribution in [3.05, 3.63) is 54.2 Å². The van der Waals surface area contributed by atoms with Gasteiger partial charge in [0.25, 0.3) is 5.91 Å². The van der Waals surface area contributed by atoms with Gasteiger partial charge in [0, 0.05) is 16.6 Å². The summed E-state index contributed by atoms with van der Waals surface area (Å²) in [6, 6.07) is 12.3. The second kappa shape index (κ2) is 4.70. The van der Waals surface area contributed by atoms with Gasteiger partial charge in [-0.2, -0.15) is 9.78 Å². The third kappa shape index (κ3) is 1.99. The first-order valence-corrected chi connectivity index (χ1v) is 6.11. The maximum absolute atomic E-state index is 12.4. The molecule has 3 rings (SSSR count). The summed E-state index contributed by atoms with van der Waals surface area (Å²) in [7, 11) is 1.59. The van der Waals surface area contributed by atoms with Gasteiger partial charge in [0.1, 0.15) is 5.75 Å². The fourth-order valence-corrected chi connectivity index (χ4v) is 2.07. The first-order chi connectivity index (χ1) is 9.69. The van der Waals surface area contributed by atoms with E-state index in [2.05, 4.69) is 5.10 Å². The molecule has 0 amide bonds. The summed E-state index contributed by atoms with van der Waals surface area (Å²) in [5, 5.41) is 4.98. The summed E-state index contributed by atoms with van der Waals surface area (Å²) >= 11 is 0. The van der Waals surface area contributed by atoms with Crippen LogP contribution in [0.4, 0.5) is 5.69 Å². The van der Waals surface area contributed by atoms with Gasteiger partial charge in [-0.25, -0.2) is 0 Å². The highest BCUT2D eigenvalue weighted by atomic mass is 16.5. The van der Waals surface area contributed by atoms with Gasteiger partial charge in [-0.1, -0.05) is 0 Å². The molecule has 0 radical (unpaired) electrons. The third-order valence-corrected chi connectivity index (χ3v) is 3.12. The molecule has 5 heteroatoms. The van der Waals surface area contributed by atoms with E-state index in [4.69, 9.17) is 10.5 Å². The SMILES string of the molecule is COc1ccc(C(=O)n2ncc3cc(N)ccc32)cc1. The number of anilines is 1. The molecule has 5 nitrogen and oxygen atoms in total. The van der Waals surface area contributed by atoms with E-state index in [-0.39, 0.29) is 5.91 Å². The Morgan fingerprint density at radius 3 is 2.65 bits per heavy atom. The van der Waals surface area contributed by atoms with E-state index in [0.717, 1.165) is 10.9 Å². The van der Waals surface area contributed by atoms with Gasteiger partial charge in [-0.15, -0.1) is 0 Å². The quantitative estimate of drug-likeness (QED) is 0.723. The minimum Gasteiger partial charge on any atom is -0.497 e. The Morgan fingerprint density at radius 1 is 1.20 bits per heavy atom. The van der Waals surface area contributed by atoms with E-state index in [1.165, 1.54) is 4.68 Å². The standard InChI is InChI=1S/C15H13N3O2/c1-20-13-5-2-10(3-6-13)15(19)18-14-7-4-12(16)8-11(14)9-17-18/h2-9H,16H2,1H3. The molecule has 0 fully saturated rings. The predicted octanol–water partition coefficient (Wildman–Crippen LogP) is 2.32. The second-order valence-corrected chi connectivity index (χ2v) is 4.41. The van der Waals surface area contributed by atoms with Gasteiger partial charge < -0.3 is 10.5 Å². The van der Waals surface area contributed by atoms with Gasteiger partial charge in [-0.3, -0.25) is 4.79 Å². The molecule has 0 aliphatic carbocycles. The third-order valence-electron chi connectivity index (χ3n) is 3.12. The Morgan fingerprint density at radius 2 is 1.95 bits per heavy atom. The molecule has 100 valence electrons. The molecule has 2 N–H and O–H groups in total. The van der Waals surface area contributed by atoms with Crippen LogP contribution in [0.5, 0.6) is 5.75 Å². The Bertz CT molecular complexity index is 775. The van der Waals surface area contributed by atoms with Crippen LogP contribution in [0.15, 0.2) is 48.7 Å². The molecule has 20 heavy (non-hydrogen) atoms. The minimum atomic E-state index is -0.188. The van der Waals surface area contributed by atoms with Gasteiger partial charge in [0.2, 0.25) is 0 Å². The molecule has 2 aromatic carbocycles. The number of nitrogen functional groups attached to an aromatic ring is 1. The van der Waals surface area contributed by atoms with Crippen LogP contribution in [0.25, 0.3) is 10.9 Å². The normalized spacial score (nSPS) is 10.7. The Hall–Kier alpha value is -2.82. The van der Waals surface area contributed by atoms with E-state index < -0.39 is 0 Å². The average Bonchev–Trinajstić information content (AvgIpc) is 2.89. The van der Waals surface area contributed by atoms with Crippen LogP contribution < -0.4 is 10.5 Å². The second-order valence-electron chi connectivity index (χ2n) is 4.41. The lowest BCUT2D eigenvalue weighted by molar-refractivity contribution is 0.0950. The highest BCUT2D eigenvalue weighted by Crippen LogP contribution is 2.19. The molecule has 1 heterocycles. The number of fused-ring (bicyclic) bond motifs is 1. The van der Waals surface area contributed by atoms with Crippen molar-refractivity contribution >= 4 is 22.5 Å². The number of carbonyl (C=O) groups excluding carboxylic acids is 1. The lowest BCUT2D eigenvalue weighted by Crippen LogP contribution is -2.13. The average molecular weight is 267 g/mol. The topological polar surface area (TPSA) is 70.1 Å². The molecule has 1 aromatic heterocycles. The highest BCUT2D eigenvalue weighted by Gasteiger charge is 2.13. The number of methoxy groups -OCH3 is 1. The molecule has 3 aromatic rings. The number of rotatable bonds is 2. The summed E-state index contributed by atoms with van der Waals surface area (Å²) in [4.78, 5) is 12.4. The summed E-state index contributed by atoms with van der Waals surface area (Å²) in [5.41, 5.74) is 7.65. The highest BCUT2D eigenvalue weighted by molar-refractivity contribution is 6.01. The Kier molecular flexibility index (Phi) is 2.87. The van der Waals surface area contributed by atoms with E-state index >= 15 is 0 Å². The van der Waals surface area contributed by atoms with Crippen LogP contribution in [0, 0.1) is 0 Å². The molecule has 0 unspecified atom stereocenters. The minimum absolute atomic E-state index is 0.188. The summed E-state index contributed by atoms with van der Waals surface area (Å²) < 4.78 is 6.45. The van der Waals surface area contributed by atoms with Crippen LogP contribution in [0.3, 0.4) is 0 Å². The van der Waals surface area contributed by atoms with Crippen molar-refractivity contribution in [3.8, 4) is 5.75 Å². The van der Waals surface area contributed by atoms with Gasteiger partial charge in [-0.05, 0) is 42.5 Å². The van der Waals surface area contributed by atoms with E-state index in [1.54, 1.807) is 55.8 Å². The molecule has 0 aliphatic rings. The monoisotopic (exact) mass is 267 g/mol. The fraction of sp³-hybridized carbons (Fsp3) is 0.0667. The number of carbonyl (C=O) groups is 1. The first kappa shape index (κ1) is 12.2. The number of nitrogens with zero attached hydrogens (tertiary/aromatic N) is 2. The van der Waals surface area contributed by atoms with Gasteiger partial charge in [0.15, 0.2) is 0 Å².